The van der Waals surface area contributed by atoms with Gasteiger partial charge in [0.15, 0.2) is 0 Å². The van der Waals surface area contributed by atoms with Crippen molar-refractivity contribution in [2.75, 3.05) is 0 Å². The number of benzene rings is 1. The van der Waals surface area contributed by atoms with Crippen LogP contribution in [0.3, 0.4) is 0 Å². The van der Waals surface area contributed by atoms with Gasteiger partial charge in [0, 0.05) is 6.04 Å². The molecule has 0 bridgehead atoms. The normalized spacial score (nSPS) is 11.6. The maximum atomic E-state index is 5.86. The van der Waals surface area contributed by atoms with Crippen LogP contribution in [0.1, 0.15) is 50.4 Å². The van der Waals surface area contributed by atoms with Crippen LogP contribution in [-0.4, -0.2) is 0 Å². The van der Waals surface area contributed by atoms with Crippen LogP contribution in [0.15, 0.2) is 18.2 Å². The van der Waals surface area contributed by atoms with E-state index in [2.05, 4.69) is 32.0 Å². The van der Waals surface area contributed by atoms with Crippen LogP contribution in [0.25, 0.3) is 0 Å². The molecule has 1 aromatic rings. The Morgan fingerprint density at radius 3 is 2.29 bits per heavy atom. The van der Waals surface area contributed by atoms with Gasteiger partial charge in [0.05, 0.1) is 0 Å². The van der Waals surface area contributed by atoms with Gasteiger partial charge < -0.3 is 5.73 Å². The molecule has 1 atom stereocenters. The molecular formula is C13H23N. The van der Waals surface area contributed by atoms with Crippen molar-refractivity contribution in [3.05, 3.63) is 34.9 Å². The smallest absolute Gasteiger partial charge is 0.0268 e. The summed E-state index contributed by atoms with van der Waals surface area (Å²) in [7, 11) is 0. The number of rotatable bonds is 2. The molecule has 1 unspecified atom stereocenters. The number of hydrogen-bond donors (Lipinski definition) is 1. The third-order valence-electron chi connectivity index (χ3n) is 2.17. The molecule has 0 saturated carbocycles. The molecule has 14 heavy (non-hydrogen) atoms. The minimum absolute atomic E-state index is 0.153. The summed E-state index contributed by atoms with van der Waals surface area (Å²) in [5.74, 6) is 0. The molecule has 1 rings (SSSR count). The number of hydrogen-bond acceptors (Lipinski definition) is 1. The van der Waals surface area contributed by atoms with Crippen molar-refractivity contribution in [2.45, 2.75) is 47.1 Å². The zero-order valence-electron chi connectivity index (χ0n) is 10.1. The maximum Gasteiger partial charge on any atom is 0.0268 e. The monoisotopic (exact) mass is 193 g/mol. The molecule has 0 radical (unpaired) electrons. The van der Waals surface area contributed by atoms with Gasteiger partial charge in [0.1, 0.15) is 0 Å². The molecule has 1 heteroatoms. The molecule has 0 aromatic heterocycles. The first-order chi connectivity index (χ1) is 6.65. The molecule has 0 saturated heterocycles. The Balaban J connectivity index is 0.000000791. The minimum atomic E-state index is 0.153. The van der Waals surface area contributed by atoms with E-state index in [9.17, 15) is 0 Å². The first kappa shape index (κ1) is 13.2. The van der Waals surface area contributed by atoms with Gasteiger partial charge in [-0.15, -0.1) is 0 Å². The van der Waals surface area contributed by atoms with Gasteiger partial charge in [0.25, 0.3) is 0 Å². The van der Waals surface area contributed by atoms with Crippen LogP contribution in [0, 0.1) is 6.92 Å². The van der Waals surface area contributed by atoms with Gasteiger partial charge in [-0.3, -0.25) is 0 Å². The van der Waals surface area contributed by atoms with Crippen molar-refractivity contribution in [3.8, 4) is 0 Å². The van der Waals surface area contributed by atoms with E-state index in [-0.39, 0.29) is 6.04 Å². The second-order valence-electron chi connectivity index (χ2n) is 3.34. The van der Waals surface area contributed by atoms with E-state index in [1.54, 1.807) is 0 Å². The largest absolute Gasteiger partial charge is 0.324 e. The van der Waals surface area contributed by atoms with Gasteiger partial charge in [0.2, 0.25) is 0 Å². The van der Waals surface area contributed by atoms with Crippen LogP contribution in [-0.2, 0) is 6.42 Å². The lowest BCUT2D eigenvalue weighted by Gasteiger charge is -2.11. The van der Waals surface area contributed by atoms with E-state index in [0.717, 1.165) is 6.42 Å². The molecule has 2 N–H and O–H groups in total. The molecule has 1 aromatic carbocycles. The fourth-order valence-electron chi connectivity index (χ4n) is 1.46. The van der Waals surface area contributed by atoms with E-state index >= 15 is 0 Å². The summed E-state index contributed by atoms with van der Waals surface area (Å²) in [4.78, 5) is 0. The molecule has 0 fully saturated rings. The van der Waals surface area contributed by atoms with E-state index in [1.807, 2.05) is 20.8 Å². The summed E-state index contributed by atoms with van der Waals surface area (Å²) in [5.41, 5.74) is 9.81. The van der Waals surface area contributed by atoms with Crippen LogP contribution < -0.4 is 5.73 Å². The van der Waals surface area contributed by atoms with Crippen LogP contribution in [0.2, 0.25) is 0 Å². The highest BCUT2D eigenvalue weighted by Gasteiger charge is 2.04. The Bertz CT molecular complexity index is 264. The SMILES string of the molecule is CC.CCc1ccc(C)cc1C(C)N. The standard InChI is InChI=1S/C11H17N.C2H6/c1-4-10-6-5-8(2)7-11(10)9(3)12;1-2/h5-7,9H,4,12H2,1-3H3;1-2H3. The fourth-order valence-corrected chi connectivity index (χ4v) is 1.46. The van der Waals surface area contributed by atoms with E-state index in [0.29, 0.717) is 0 Å². The van der Waals surface area contributed by atoms with Gasteiger partial charge in [-0.2, -0.15) is 0 Å². The molecule has 80 valence electrons. The minimum Gasteiger partial charge on any atom is -0.324 e. The maximum absolute atomic E-state index is 5.86. The predicted molar refractivity (Wildman–Crippen MR) is 64.5 cm³/mol. The summed E-state index contributed by atoms with van der Waals surface area (Å²) in [6.07, 6.45) is 1.07. The summed E-state index contributed by atoms with van der Waals surface area (Å²) in [6, 6.07) is 6.65. The summed E-state index contributed by atoms with van der Waals surface area (Å²) >= 11 is 0. The van der Waals surface area contributed by atoms with Gasteiger partial charge in [-0.25, -0.2) is 0 Å². The van der Waals surface area contributed by atoms with Crippen molar-refractivity contribution in [3.63, 3.8) is 0 Å². The van der Waals surface area contributed by atoms with Crippen molar-refractivity contribution >= 4 is 0 Å². The average molecular weight is 193 g/mol. The lowest BCUT2D eigenvalue weighted by atomic mass is 9.98. The van der Waals surface area contributed by atoms with Gasteiger partial charge in [-0.05, 0) is 31.4 Å². The fraction of sp³-hybridized carbons (Fsp3) is 0.538. The topological polar surface area (TPSA) is 26.0 Å². The molecule has 1 nitrogen and oxygen atoms in total. The van der Waals surface area contributed by atoms with E-state index in [4.69, 9.17) is 5.73 Å². The number of nitrogens with two attached hydrogens (primary N) is 1. The highest BCUT2D eigenvalue weighted by atomic mass is 14.6. The lowest BCUT2D eigenvalue weighted by molar-refractivity contribution is 0.799. The third kappa shape index (κ3) is 3.51. The van der Waals surface area contributed by atoms with Crippen molar-refractivity contribution < 1.29 is 0 Å². The Labute approximate surface area is 88.3 Å². The predicted octanol–water partition coefficient (Wildman–Crippen LogP) is 3.60. The summed E-state index contributed by atoms with van der Waals surface area (Å²) in [6.45, 7) is 10.3. The number of aryl methyl sites for hydroxylation is 2. The molecule has 0 amide bonds. The molecule has 0 spiro atoms. The first-order valence-electron chi connectivity index (χ1n) is 5.50. The first-order valence-corrected chi connectivity index (χ1v) is 5.50. The highest BCUT2D eigenvalue weighted by molar-refractivity contribution is 5.33. The van der Waals surface area contributed by atoms with Crippen LogP contribution in [0.5, 0.6) is 0 Å². The average Bonchev–Trinajstić information content (AvgIpc) is 2.20. The zero-order valence-corrected chi connectivity index (χ0v) is 10.1. The molecule has 0 heterocycles. The van der Waals surface area contributed by atoms with Crippen molar-refractivity contribution in [2.24, 2.45) is 5.73 Å². The molecular weight excluding hydrogens is 170 g/mol. The highest BCUT2D eigenvalue weighted by Crippen LogP contribution is 2.17. The van der Waals surface area contributed by atoms with Crippen molar-refractivity contribution in [1.82, 2.24) is 0 Å². The summed E-state index contributed by atoms with van der Waals surface area (Å²) < 4.78 is 0. The second-order valence-corrected chi connectivity index (χ2v) is 3.34. The van der Waals surface area contributed by atoms with Gasteiger partial charge >= 0.3 is 0 Å². The lowest BCUT2D eigenvalue weighted by Crippen LogP contribution is -2.08. The van der Waals surface area contributed by atoms with Crippen molar-refractivity contribution in [1.29, 1.82) is 0 Å². The Morgan fingerprint density at radius 1 is 1.29 bits per heavy atom. The Morgan fingerprint density at radius 2 is 1.86 bits per heavy atom. The van der Waals surface area contributed by atoms with Crippen LogP contribution in [0.4, 0.5) is 0 Å². The summed E-state index contributed by atoms with van der Waals surface area (Å²) in [5, 5.41) is 0. The Kier molecular flexibility index (Phi) is 6.22. The zero-order chi connectivity index (χ0) is 11.1. The molecule has 0 aliphatic rings. The van der Waals surface area contributed by atoms with Crippen LogP contribution >= 0.6 is 0 Å². The van der Waals surface area contributed by atoms with E-state index in [1.165, 1.54) is 16.7 Å². The third-order valence-corrected chi connectivity index (χ3v) is 2.17. The second kappa shape index (κ2) is 6.61. The Hall–Kier alpha value is -0.820. The van der Waals surface area contributed by atoms with E-state index < -0.39 is 0 Å². The van der Waals surface area contributed by atoms with Gasteiger partial charge in [-0.1, -0.05) is 44.5 Å². The molecule has 0 aliphatic carbocycles. The molecule has 0 aliphatic heterocycles. The quantitative estimate of drug-likeness (QED) is 0.763.